The van der Waals surface area contributed by atoms with Crippen molar-refractivity contribution in [2.45, 2.75) is 24.7 Å². The molecule has 1 atom stereocenters. The lowest BCUT2D eigenvalue weighted by Gasteiger charge is -2.22. The number of hydrogen-bond acceptors (Lipinski definition) is 5. The molecule has 1 N–H and O–H groups in total. The van der Waals surface area contributed by atoms with Crippen LogP contribution in [0.5, 0.6) is 0 Å². The highest BCUT2D eigenvalue weighted by atomic mass is 32.2. The molecule has 134 valence electrons. The summed E-state index contributed by atoms with van der Waals surface area (Å²) in [7, 11) is -3.69. The van der Waals surface area contributed by atoms with Gasteiger partial charge in [-0.1, -0.05) is 50.2 Å². The number of anilines is 1. The zero-order chi connectivity index (χ0) is 18.6. The fourth-order valence-corrected chi connectivity index (χ4v) is 3.67. The second-order valence-electron chi connectivity index (χ2n) is 6.32. The van der Waals surface area contributed by atoms with Crippen molar-refractivity contribution >= 4 is 21.2 Å². The third-order valence-corrected chi connectivity index (χ3v) is 5.25. The summed E-state index contributed by atoms with van der Waals surface area (Å²) in [5.41, 5.74) is 0.946. The molecule has 0 aliphatic rings. The Balaban J connectivity index is 2.35. The Kier molecular flexibility index (Phi) is 5.79. The Bertz CT molecular complexity index is 849. The van der Waals surface area contributed by atoms with Gasteiger partial charge in [-0.3, -0.25) is 10.1 Å². The van der Waals surface area contributed by atoms with Crippen LogP contribution in [0, 0.1) is 16.0 Å². The SMILES string of the molecule is CC(C)C(CNc1cccc(S(C)(=O)=O)c1[N+](=O)[O-])c1ccccc1. The number of nitro groups is 1. The van der Waals surface area contributed by atoms with Gasteiger partial charge in [-0.25, -0.2) is 8.42 Å². The molecule has 2 aromatic rings. The highest BCUT2D eigenvalue weighted by Crippen LogP contribution is 2.33. The predicted molar refractivity (Wildman–Crippen MR) is 98.7 cm³/mol. The second kappa shape index (κ2) is 7.65. The largest absolute Gasteiger partial charge is 0.379 e. The van der Waals surface area contributed by atoms with Crippen molar-refractivity contribution < 1.29 is 13.3 Å². The minimum Gasteiger partial charge on any atom is -0.379 e. The van der Waals surface area contributed by atoms with E-state index in [0.717, 1.165) is 11.8 Å². The van der Waals surface area contributed by atoms with Gasteiger partial charge in [0.15, 0.2) is 9.84 Å². The second-order valence-corrected chi connectivity index (χ2v) is 8.31. The zero-order valence-electron chi connectivity index (χ0n) is 14.5. The first-order valence-electron chi connectivity index (χ1n) is 7.98. The van der Waals surface area contributed by atoms with E-state index in [1.807, 2.05) is 30.3 Å². The van der Waals surface area contributed by atoms with E-state index in [0.29, 0.717) is 12.5 Å². The molecule has 7 heteroatoms. The van der Waals surface area contributed by atoms with Crippen molar-refractivity contribution in [3.05, 3.63) is 64.2 Å². The standard InChI is InChI=1S/C18H22N2O4S/c1-13(2)15(14-8-5-4-6-9-14)12-19-16-10-7-11-17(25(3,23)24)18(16)20(21)22/h4-11,13,15,19H,12H2,1-3H3. The summed E-state index contributed by atoms with van der Waals surface area (Å²) >= 11 is 0. The number of nitrogens with zero attached hydrogens (tertiary/aromatic N) is 1. The minimum absolute atomic E-state index is 0.141. The van der Waals surface area contributed by atoms with Crippen LogP contribution in [0.4, 0.5) is 11.4 Å². The van der Waals surface area contributed by atoms with Crippen LogP contribution in [0.3, 0.4) is 0 Å². The van der Waals surface area contributed by atoms with Crippen molar-refractivity contribution in [2.24, 2.45) is 5.92 Å². The summed E-state index contributed by atoms with van der Waals surface area (Å²) in [6, 6.07) is 14.2. The van der Waals surface area contributed by atoms with Gasteiger partial charge in [0.1, 0.15) is 10.6 Å². The topological polar surface area (TPSA) is 89.3 Å². The molecule has 25 heavy (non-hydrogen) atoms. The lowest BCUT2D eigenvalue weighted by atomic mass is 9.88. The van der Waals surface area contributed by atoms with Crippen LogP contribution in [-0.2, 0) is 9.84 Å². The summed E-state index contributed by atoms with van der Waals surface area (Å²) in [5, 5.41) is 14.5. The van der Waals surface area contributed by atoms with E-state index in [1.54, 1.807) is 0 Å². The van der Waals surface area contributed by atoms with Crippen LogP contribution < -0.4 is 5.32 Å². The number of rotatable bonds is 7. The monoisotopic (exact) mass is 362 g/mol. The fourth-order valence-electron chi connectivity index (χ4n) is 2.81. The van der Waals surface area contributed by atoms with E-state index in [1.165, 1.54) is 18.2 Å². The highest BCUT2D eigenvalue weighted by Gasteiger charge is 2.26. The first-order valence-corrected chi connectivity index (χ1v) is 9.87. The van der Waals surface area contributed by atoms with Gasteiger partial charge in [0.2, 0.25) is 0 Å². The number of nitro benzene ring substituents is 1. The Labute approximate surface area is 148 Å². The number of benzene rings is 2. The van der Waals surface area contributed by atoms with Gasteiger partial charge in [-0.2, -0.15) is 0 Å². The van der Waals surface area contributed by atoms with E-state index in [4.69, 9.17) is 0 Å². The van der Waals surface area contributed by atoms with Gasteiger partial charge in [-0.05, 0) is 23.6 Å². The summed E-state index contributed by atoms with van der Waals surface area (Å²) in [5.74, 6) is 0.453. The molecule has 2 aromatic carbocycles. The molecule has 0 bridgehead atoms. The third kappa shape index (κ3) is 4.57. The van der Waals surface area contributed by atoms with E-state index in [-0.39, 0.29) is 16.5 Å². The maximum Gasteiger partial charge on any atom is 0.310 e. The molecular formula is C18H22N2O4S. The van der Waals surface area contributed by atoms with Crippen LogP contribution >= 0.6 is 0 Å². The Morgan fingerprint density at radius 3 is 2.24 bits per heavy atom. The molecule has 1 unspecified atom stereocenters. The molecule has 0 aromatic heterocycles. The Hall–Kier alpha value is -2.41. The highest BCUT2D eigenvalue weighted by molar-refractivity contribution is 7.90. The molecule has 0 spiro atoms. The minimum atomic E-state index is -3.69. The predicted octanol–water partition coefficient (Wildman–Crippen LogP) is 3.85. The van der Waals surface area contributed by atoms with Crippen molar-refractivity contribution in [3.63, 3.8) is 0 Å². The third-order valence-electron chi connectivity index (χ3n) is 4.13. The average molecular weight is 362 g/mol. The number of sulfone groups is 1. The number of hydrogen-bond donors (Lipinski definition) is 1. The van der Waals surface area contributed by atoms with Gasteiger partial charge >= 0.3 is 5.69 Å². The Morgan fingerprint density at radius 2 is 1.72 bits per heavy atom. The van der Waals surface area contributed by atoms with Crippen LogP contribution in [0.1, 0.15) is 25.3 Å². The van der Waals surface area contributed by atoms with Gasteiger partial charge in [0.25, 0.3) is 0 Å². The molecule has 0 fully saturated rings. The number of nitrogens with one attached hydrogen (secondary N) is 1. The molecular weight excluding hydrogens is 340 g/mol. The van der Waals surface area contributed by atoms with Gasteiger partial charge in [0, 0.05) is 18.7 Å². The first kappa shape index (κ1) is 18.9. The lowest BCUT2D eigenvalue weighted by molar-refractivity contribution is -0.386. The van der Waals surface area contributed by atoms with Gasteiger partial charge < -0.3 is 5.32 Å². The van der Waals surface area contributed by atoms with Crippen molar-refractivity contribution in [1.29, 1.82) is 0 Å². The van der Waals surface area contributed by atoms with E-state index < -0.39 is 20.4 Å². The molecule has 2 rings (SSSR count). The Morgan fingerprint density at radius 1 is 1.08 bits per heavy atom. The fraction of sp³-hybridized carbons (Fsp3) is 0.333. The first-order chi connectivity index (χ1) is 11.7. The van der Waals surface area contributed by atoms with Crippen LogP contribution in [0.25, 0.3) is 0 Å². The van der Waals surface area contributed by atoms with Crippen LogP contribution in [0.15, 0.2) is 53.4 Å². The smallest absolute Gasteiger partial charge is 0.310 e. The molecule has 0 saturated carbocycles. The van der Waals surface area contributed by atoms with Crippen molar-refractivity contribution in [3.8, 4) is 0 Å². The van der Waals surface area contributed by atoms with Gasteiger partial charge in [0.05, 0.1) is 4.92 Å². The maximum absolute atomic E-state index is 11.8. The molecule has 0 heterocycles. The van der Waals surface area contributed by atoms with Crippen LogP contribution in [0.2, 0.25) is 0 Å². The summed E-state index contributed by atoms with van der Waals surface area (Å²) in [6.07, 6.45) is 0.972. The summed E-state index contributed by atoms with van der Waals surface area (Å²) < 4.78 is 23.7. The summed E-state index contributed by atoms with van der Waals surface area (Å²) in [6.45, 7) is 4.64. The van der Waals surface area contributed by atoms with Crippen LogP contribution in [-0.4, -0.2) is 26.1 Å². The molecule has 6 nitrogen and oxygen atoms in total. The van der Waals surface area contributed by atoms with E-state index in [9.17, 15) is 18.5 Å². The number of para-hydroxylation sites is 1. The molecule has 0 saturated heterocycles. The molecule has 0 radical (unpaired) electrons. The van der Waals surface area contributed by atoms with Crippen molar-refractivity contribution in [2.75, 3.05) is 18.1 Å². The van der Waals surface area contributed by atoms with Crippen molar-refractivity contribution in [1.82, 2.24) is 0 Å². The molecule has 0 amide bonds. The zero-order valence-corrected chi connectivity index (χ0v) is 15.3. The van der Waals surface area contributed by atoms with E-state index in [2.05, 4.69) is 19.2 Å². The lowest BCUT2D eigenvalue weighted by Crippen LogP contribution is -2.18. The molecule has 0 aliphatic heterocycles. The quantitative estimate of drug-likeness (QED) is 0.597. The average Bonchev–Trinajstić information content (AvgIpc) is 2.54. The van der Waals surface area contributed by atoms with Gasteiger partial charge in [-0.15, -0.1) is 0 Å². The maximum atomic E-state index is 11.8. The normalized spacial score (nSPS) is 12.8. The van der Waals surface area contributed by atoms with E-state index >= 15 is 0 Å². The molecule has 0 aliphatic carbocycles. The summed E-state index contributed by atoms with van der Waals surface area (Å²) in [4.78, 5) is 10.5.